The van der Waals surface area contributed by atoms with Crippen molar-refractivity contribution in [1.82, 2.24) is 5.32 Å². The van der Waals surface area contributed by atoms with Gasteiger partial charge < -0.3 is 46.0 Å². The molecule has 13 nitrogen and oxygen atoms in total. The van der Waals surface area contributed by atoms with Crippen LogP contribution in [-0.4, -0.2) is 108 Å². The fraction of sp³-hybridized carbons (Fsp3) is 0.914. The van der Waals surface area contributed by atoms with Gasteiger partial charge in [-0.3, -0.25) is 13.8 Å². The summed E-state index contributed by atoms with van der Waals surface area (Å²) in [6.07, 6.45) is 43.7. The number of unbranched alkanes of at least 4 members (excludes halogenated alkanes) is 34. The normalized spacial score (nSPS) is 21.6. The second kappa shape index (κ2) is 47.0. The van der Waals surface area contributed by atoms with Crippen molar-refractivity contribution in [3.05, 3.63) is 24.3 Å². The van der Waals surface area contributed by atoms with E-state index in [-0.39, 0.29) is 12.8 Å². The molecule has 0 aromatic rings. The lowest BCUT2D eigenvalue weighted by Gasteiger charge is -2.41. The summed E-state index contributed by atoms with van der Waals surface area (Å²) in [6, 6.07) is -1.15. The van der Waals surface area contributed by atoms with Crippen molar-refractivity contribution in [2.75, 3.05) is 6.61 Å². The Labute approximate surface area is 439 Å². The Kier molecular flexibility index (Phi) is 44.9. The van der Waals surface area contributed by atoms with Gasteiger partial charge in [0.15, 0.2) is 0 Å². The molecule has 1 aliphatic carbocycles. The van der Waals surface area contributed by atoms with E-state index in [4.69, 9.17) is 9.05 Å². The highest BCUT2D eigenvalue weighted by molar-refractivity contribution is 7.47. The van der Waals surface area contributed by atoms with Gasteiger partial charge >= 0.3 is 7.82 Å². The van der Waals surface area contributed by atoms with Crippen LogP contribution in [0, 0.1) is 0 Å². The highest BCUT2D eigenvalue weighted by Crippen LogP contribution is 2.47. The summed E-state index contributed by atoms with van der Waals surface area (Å²) in [5.74, 6) is -0.564. The van der Waals surface area contributed by atoms with Gasteiger partial charge in [-0.05, 0) is 44.9 Å². The maximum atomic E-state index is 13.0. The van der Waals surface area contributed by atoms with Crippen LogP contribution in [-0.2, 0) is 18.4 Å². The largest absolute Gasteiger partial charge is 0.472 e. The Morgan fingerprint density at radius 3 is 1.21 bits per heavy atom. The molecule has 8 atom stereocenters. The Morgan fingerprint density at radius 2 is 0.819 bits per heavy atom. The Balaban J connectivity index is 2.05. The first kappa shape index (κ1) is 68.8. The number of carbonyl (C=O) groups excluding carboxylic acids is 1. The number of carbonyl (C=O) groups is 1. The molecule has 1 amide bonds. The minimum absolute atomic E-state index is 0.221. The number of hydrogen-bond acceptors (Lipinski definition) is 11. The fourth-order valence-corrected chi connectivity index (χ4v) is 10.7. The van der Waals surface area contributed by atoms with Crippen molar-refractivity contribution < 1.29 is 59.0 Å². The molecule has 9 N–H and O–H groups in total. The molecule has 426 valence electrons. The number of nitrogens with one attached hydrogen (secondary N) is 1. The number of phosphoric ester groups is 1. The van der Waals surface area contributed by atoms with Crippen LogP contribution in [0.4, 0.5) is 0 Å². The summed E-state index contributed by atoms with van der Waals surface area (Å²) in [5, 5.41) is 74.3. The molecule has 0 saturated heterocycles. The van der Waals surface area contributed by atoms with E-state index >= 15 is 0 Å². The number of rotatable bonds is 51. The molecule has 1 rings (SSSR count). The van der Waals surface area contributed by atoms with E-state index in [1.807, 2.05) is 0 Å². The van der Waals surface area contributed by atoms with Crippen molar-refractivity contribution in [2.24, 2.45) is 0 Å². The van der Waals surface area contributed by atoms with E-state index in [0.717, 1.165) is 57.8 Å². The van der Waals surface area contributed by atoms with Crippen LogP contribution in [0.3, 0.4) is 0 Å². The molecule has 0 spiro atoms. The predicted molar refractivity (Wildman–Crippen MR) is 294 cm³/mol. The Morgan fingerprint density at radius 1 is 0.486 bits per heavy atom. The molecular formula is C58H112NO12P. The molecule has 0 heterocycles. The van der Waals surface area contributed by atoms with Gasteiger partial charge in [0.25, 0.3) is 0 Å². The summed E-state index contributed by atoms with van der Waals surface area (Å²) < 4.78 is 22.8. The van der Waals surface area contributed by atoms with Crippen molar-refractivity contribution in [1.29, 1.82) is 0 Å². The molecule has 72 heavy (non-hydrogen) atoms. The monoisotopic (exact) mass is 1050 g/mol. The molecule has 0 radical (unpaired) electrons. The average molecular weight is 1050 g/mol. The molecule has 0 aliphatic heterocycles. The summed E-state index contributed by atoms with van der Waals surface area (Å²) in [5.41, 5.74) is 0. The maximum absolute atomic E-state index is 13.0. The first-order chi connectivity index (χ1) is 34.8. The lowest BCUT2D eigenvalue weighted by molar-refractivity contribution is -0.220. The van der Waals surface area contributed by atoms with Gasteiger partial charge in [0.05, 0.1) is 31.3 Å². The first-order valence-electron chi connectivity index (χ1n) is 29.9. The van der Waals surface area contributed by atoms with E-state index in [9.17, 15) is 50.0 Å². The Bertz CT molecular complexity index is 1320. The van der Waals surface area contributed by atoms with Crippen LogP contribution in [0.5, 0.6) is 0 Å². The lowest BCUT2D eigenvalue weighted by atomic mass is 9.85. The minimum atomic E-state index is -5.10. The maximum Gasteiger partial charge on any atom is 0.472 e. The number of aliphatic hydroxyl groups is 7. The van der Waals surface area contributed by atoms with Gasteiger partial charge in [0.1, 0.15) is 36.6 Å². The molecule has 1 aliphatic rings. The third kappa shape index (κ3) is 37.5. The molecule has 1 fully saturated rings. The van der Waals surface area contributed by atoms with E-state index < -0.39 is 75.2 Å². The smallest absolute Gasteiger partial charge is 0.393 e. The third-order valence-electron chi connectivity index (χ3n) is 14.6. The van der Waals surface area contributed by atoms with Crippen molar-refractivity contribution in [2.45, 2.75) is 332 Å². The lowest BCUT2D eigenvalue weighted by Crippen LogP contribution is -2.64. The molecule has 0 bridgehead atoms. The summed E-state index contributed by atoms with van der Waals surface area (Å²) in [7, 11) is -5.10. The first-order valence-corrected chi connectivity index (χ1v) is 31.4. The highest BCUT2D eigenvalue weighted by atomic mass is 31.2. The topological polar surface area (TPSA) is 226 Å². The van der Waals surface area contributed by atoms with E-state index in [0.29, 0.717) is 12.8 Å². The summed E-state index contributed by atoms with van der Waals surface area (Å²) in [6.45, 7) is 3.69. The van der Waals surface area contributed by atoms with E-state index in [1.165, 1.54) is 180 Å². The van der Waals surface area contributed by atoms with Gasteiger partial charge in [-0.15, -0.1) is 0 Å². The zero-order valence-electron chi connectivity index (χ0n) is 45.9. The van der Waals surface area contributed by atoms with Gasteiger partial charge in [-0.2, -0.15) is 0 Å². The minimum Gasteiger partial charge on any atom is -0.393 e. The summed E-state index contributed by atoms with van der Waals surface area (Å²) in [4.78, 5) is 23.3. The second-order valence-electron chi connectivity index (χ2n) is 21.4. The number of aliphatic hydroxyl groups excluding tert-OH is 7. The molecule has 1 saturated carbocycles. The van der Waals surface area contributed by atoms with Crippen LogP contribution in [0.2, 0.25) is 0 Å². The number of phosphoric acid groups is 1. The SMILES string of the molecule is CCCCCCCCCCCCCCCCC/C=C\C/C=C\CCCCCCCCCCCCCCCCCC(O)CC(=O)NC(COP(=O)(O)OC1C(O)C(O)C(O)C(O)C1O)C(O)CCCCCCC. The molecule has 0 aromatic heterocycles. The zero-order chi connectivity index (χ0) is 52.9. The van der Waals surface area contributed by atoms with Crippen LogP contribution < -0.4 is 5.32 Å². The van der Waals surface area contributed by atoms with Gasteiger partial charge in [-0.1, -0.05) is 250 Å². The van der Waals surface area contributed by atoms with E-state index in [1.54, 1.807) is 0 Å². The van der Waals surface area contributed by atoms with Crippen molar-refractivity contribution in [3.8, 4) is 0 Å². The average Bonchev–Trinajstić information content (AvgIpc) is 3.36. The van der Waals surface area contributed by atoms with Gasteiger partial charge in [-0.25, -0.2) is 4.57 Å². The number of allylic oxidation sites excluding steroid dienone is 4. The molecule has 0 aromatic carbocycles. The standard InChI is InChI=1S/C58H112NO12P/c1-3-5-7-9-10-11-12-13-14-15-16-17-18-19-20-21-22-23-24-25-26-27-28-29-30-31-32-33-34-35-36-37-38-39-40-42-43-45-49(60)47-52(62)59-50(51(61)46-44-41-8-6-4-2)48-70-72(68,69)71-58-56(66)54(64)53(63)55(65)57(58)67/h22-23,25-26,49-51,53-58,60-61,63-67H,3-21,24,27-48H2,1-2H3,(H,59,62)(H,68,69)/b23-22-,26-25-. The third-order valence-corrected chi connectivity index (χ3v) is 15.6. The second-order valence-corrected chi connectivity index (χ2v) is 22.8. The van der Waals surface area contributed by atoms with Crippen molar-refractivity contribution >= 4 is 13.7 Å². The molecular weight excluding hydrogens is 934 g/mol. The van der Waals surface area contributed by atoms with Crippen LogP contribution >= 0.6 is 7.82 Å². The Hall–Kier alpha value is -1.22. The number of hydrogen-bond donors (Lipinski definition) is 9. The summed E-state index contributed by atoms with van der Waals surface area (Å²) >= 11 is 0. The predicted octanol–water partition coefficient (Wildman–Crippen LogP) is 12.7. The highest BCUT2D eigenvalue weighted by Gasteiger charge is 2.51. The van der Waals surface area contributed by atoms with Crippen LogP contribution in [0.1, 0.15) is 277 Å². The van der Waals surface area contributed by atoms with Crippen LogP contribution in [0.15, 0.2) is 24.3 Å². The quantitative estimate of drug-likeness (QED) is 0.0158. The number of amides is 1. The van der Waals surface area contributed by atoms with Crippen LogP contribution in [0.25, 0.3) is 0 Å². The fourth-order valence-electron chi connectivity index (χ4n) is 9.75. The van der Waals surface area contributed by atoms with E-state index in [2.05, 4.69) is 43.5 Å². The molecule has 14 heteroatoms. The molecule has 8 unspecified atom stereocenters. The van der Waals surface area contributed by atoms with Gasteiger partial charge in [0, 0.05) is 0 Å². The zero-order valence-corrected chi connectivity index (χ0v) is 46.8. The van der Waals surface area contributed by atoms with Crippen molar-refractivity contribution in [3.63, 3.8) is 0 Å². The van der Waals surface area contributed by atoms with Gasteiger partial charge in [0.2, 0.25) is 5.91 Å².